The lowest BCUT2D eigenvalue weighted by Crippen LogP contribution is -1.95. The van der Waals surface area contributed by atoms with Crippen molar-refractivity contribution in [2.24, 2.45) is 0 Å². The zero-order valence-electron chi connectivity index (χ0n) is 11.9. The van der Waals surface area contributed by atoms with Crippen molar-refractivity contribution in [2.75, 3.05) is 0 Å². The Balaban J connectivity index is 1.73. The summed E-state index contributed by atoms with van der Waals surface area (Å²) in [5.41, 5.74) is 2.81. The Kier molecular flexibility index (Phi) is 3.51. The van der Waals surface area contributed by atoms with Crippen LogP contribution in [0.5, 0.6) is 0 Å². The quantitative estimate of drug-likeness (QED) is 0.558. The lowest BCUT2D eigenvalue weighted by atomic mass is 10.1. The Morgan fingerprint density at radius 3 is 2.70 bits per heavy atom. The first kappa shape index (κ1) is 13.9. The minimum Gasteiger partial charge on any atom is -0.300 e. The number of fused-ring (bicyclic) bond motifs is 1. The normalized spacial score (nSPS) is 11.0. The molecular weight excluding hydrogens is 311 g/mol. The van der Waals surface area contributed by atoms with Crippen LogP contribution in [0.15, 0.2) is 72.4 Å². The number of pyridine rings is 3. The fourth-order valence-electron chi connectivity index (χ4n) is 2.50. The van der Waals surface area contributed by atoms with E-state index in [9.17, 15) is 3.89 Å². The molecule has 4 aromatic heterocycles. The lowest BCUT2D eigenvalue weighted by Gasteiger charge is -2.06. The van der Waals surface area contributed by atoms with E-state index < -0.39 is 0 Å². The number of rotatable bonds is 3. The molecule has 4 aromatic rings. The SMILES string of the molecule is FSc1cc(-c2ccc(-n3ccc4ccncc43)nc2)ccn1. The van der Waals surface area contributed by atoms with Crippen LogP contribution < -0.4 is 0 Å². The van der Waals surface area contributed by atoms with Gasteiger partial charge in [0.1, 0.15) is 23.0 Å². The Morgan fingerprint density at radius 2 is 1.87 bits per heavy atom. The molecule has 0 spiro atoms. The lowest BCUT2D eigenvalue weighted by molar-refractivity contribution is 0.919. The molecule has 0 aliphatic carbocycles. The van der Waals surface area contributed by atoms with Crippen LogP contribution in [0.1, 0.15) is 0 Å². The van der Waals surface area contributed by atoms with Gasteiger partial charge in [0, 0.05) is 35.7 Å². The number of nitrogens with zero attached hydrogens (tertiary/aromatic N) is 4. The van der Waals surface area contributed by atoms with Crippen molar-refractivity contribution < 1.29 is 3.89 Å². The van der Waals surface area contributed by atoms with Crippen LogP contribution in [0, 0.1) is 0 Å². The molecule has 0 amide bonds. The van der Waals surface area contributed by atoms with Gasteiger partial charge in [-0.05, 0) is 42.0 Å². The summed E-state index contributed by atoms with van der Waals surface area (Å²) in [5, 5.41) is 1.46. The first-order valence-corrected chi connectivity index (χ1v) is 7.69. The summed E-state index contributed by atoms with van der Waals surface area (Å²) in [5.74, 6) is 0.811. The standard InChI is InChI=1S/C17H11FN4S/c18-23-17-9-13(4-7-20-17)14-1-2-16(21-10-14)22-8-5-12-3-6-19-11-15(12)22/h1-11H. The van der Waals surface area contributed by atoms with Crippen LogP contribution in [0.3, 0.4) is 0 Å². The molecule has 4 rings (SSSR count). The largest absolute Gasteiger partial charge is 0.300 e. The first-order chi connectivity index (χ1) is 11.3. The summed E-state index contributed by atoms with van der Waals surface area (Å²) in [4.78, 5) is 12.6. The zero-order chi connectivity index (χ0) is 15.6. The van der Waals surface area contributed by atoms with Crippen molar-refractivity contribution in [3.63, 3.8) is 0 Å². The maximum atomic E-state index is 12.6. The second-order valence-electron chi connectivity index (χ2n) is 4.99. The molecule has 112 valence electrons. The van der Waals surface area contributed by atoms with Crippen LogP contribution in [-0.2, 0) is 0 Å². The van der Waals surface area contributed by atoms with E-state index in [1.807, 2.05) is 47.3 Å². The highest BCUT2D eigenvalue weighted by Crippen LogP contribution is 2.25. The zero-order valence-corrected chi connectivity index (χ0v) is 12.7. The average Bonchev–Trinajstić information content (AvgIpc) is 3.06. The van der Waals surface area contributed by atoms with Crippen LogP contribution in [0.25, 0.3) is 27.8 Å². The maximum absolute atomic E-state index is 12.6. The third kappa shape index (κ3) is 2.57. The van der Waals surface area contributed by atoms with E-state index in [0.717, 1.165) is 27.8 Å². The Hall–Kier alpha value is -2.73. The van der Waals surface area contributed by atoms with Gasteiger partial charge in [-0.15, -0.1) is 0 Å². The van der Waals surface area contributed by atoms with Gasteiger partial charge in [0.25, 0.3) is 0 Å². The van der Waals surface area contributed by atoms with Gasteiger partial charge in [-0.2, -0.15) is 3.89 Å². The second-order valence-corrected chi connectivity index (χ2v) is 5.56. The van der Waals surface area contributed by atoms with Crippen molar-refractivity contribution in [1.82, 2.24) is 19.5 Å². The van der Waals surface area contributed by atoms with Gasteiger partial charge in [0.2, 0.25) is 0 Å². The molecule has 0 aliphatic rings. The Morgan fingerprint density at radius 1 is 0.913 bits per heavy atom. The van der Waals surface area contributed by atoms with Gasteiger partial charge in [-0.25, -0.2) is 9.97 Å². The van der Waals surface area contributed by atoms with Gasteiger partial charge in [0.15, 0.2) is 0 Å². The summed E-state index contributed by atoms with van der Waals surface area (Å²) < 4.78 is 14.6. The van der Waals surface area contributed by atoms with Gasteiger partial charge in [0.05, 0.1) is 11.7 Å². The topological polar surface area (TPSA) is 43.6 Å². The molecule has 23 heavy (non-hydrogen) atoms. The van der Waals surface area contributed by atoms with E-state index in [2.05, 4.69) is 15.0 Å². The summed E-state index contributed by atoms with van der Waals surface area (Å²) in [6, 6.07) is 11.4. The summed E-state index contributed by atoms with van der Waals surface area (Å²) in [6.07, 6.45) is 8.93. The number of aromatic nitrogens is 4. The number of hydrogen-bond acceptors (Lipinski definition) is 4. The summed E-state index contributed by atoms with van der Waals surface area (Å²) >= 11 is 0.138. The van der Waals surface area contributed by atoms with E-state index in [4.69, 9.17) is 0 Å². The van der Waals surface area contributed by atoms with Crippen molar-refractivity contribution >= 4 is 23.1 Å². The van der Waals surface area contributed by atoms with E-state index in [-0.39, 0.29) is 12.1 Å². The van der Waals surface area contributed by atoms with Gasteiger partial charge in [-0.1, -0.05) is 0 Å². The molecule has 4 heterocycles. The highest BCUT2D eigenvalue weighted by molar-refractivity contribution is 7.94. The van der Waals surface area contributed by atoms with E-state index >= 15 is 0 Å². The minimum atomic E-state index is 0.138. The molecule has 0 radical (unpaired) electrons. The molecule has 6 heteroatoms. The van der Waals surface area contributed by atoms with Crippen LogP contribution in [0.4, 0.5) is 3.89 Å². The third-order valence-corrected chi connectivity index (χ3v) is 4.02. The first-order valence-electron chi connectivity index (χ1n) is 6.98. The average molecular weight is 322 g/mol. The molecular formula is C17H11FN4S. The fourth-order valence-corrected chi connectivity index (χ4v) is 2.78. The van der Waals surface area contributed by atoms with Crippen molar-refractivity contribution in [2.45, 2.75) is 5.03 Å². The molecule has 0 N–H and O–H groups in total. The smallest absolute Gasteiger partial charge is 0.137 e. The van der Waals surface area contributed by atoms with Crippen molar-refractivity contribution in [3.05, 3.63) is 67.4 Å². The highest BCUT2D eigenvalue weighted by Gasteiger charge is 2.06. The number of hydrogen-bond donors (Lipinski definition) is 0. The molecule has 0 bridgehead atoms. The fraction of sp³-hybridized carbons (Fsp3) is 0. The predicted octanol–water partition coefficient (Wildman–Crippen LogP) is 4.46. The van der Waals surface area contributed by atoms with Gasteiger partial charge >= 0.3 is 0 Å². The van der Waals surface area contributed by atoms with E-state index in [1.54, 1.807) is 24.7 Å². The molecule has 0 saturated carbocycles. The summed E-state index contributed by atoms with van der Waals surface area (Å²) in [7, 11) is 0. The monoisotopic (exact) mass is 322 g/mol. The molecule has 0 aliphatic heterocycles. The van der Waals surface area contributed by atoms with Crippen LogP contribution in [-0.4, -0.2) is 19.5 Å². The molecule has 4 nitrogen and oxygen atoms in total. The van der Waals surface area contributed by atoms with E-state index in [1.165, 1.54) is 0 Å². The molecule has 0 saturated heterocycles. The third-order valence-electron chi connectivity index (χ3n) is 3.64. The van der Waals surface area contributed by atoms with E-state index in [0.29, 0.717) is 5.03 Å². The molecule has 0 fully saturated rings. The van der Waals surface area contributed by atoms with Crippen LogP contribution in [0.2, 0.25) is 0 Å². The Labute approximate surface area is 136 Å². The molecule has 0 unspecified atom stereocenters. The van der Waals surface area contributed by atoms with Crippen molar-refractivity contribution in [1.29, 1.82) is 0 Å². The maximum Gasteiger partial charge on any atom is 0.137 e. The van der Waals surface area contributed by atoms with Gasteiger partial charge < -0.3 is 0 Å². The predicted molar refractivity (Wildman–Crippen MR) is 89.1 cm³/mol. The van der Waals surface area contributed by atoms with Crippen LogP contribution >= 0.6 is 12.1 Å². The Bertz CT molecular complexity index is 966. The molecule has 0 aromatic carbocycles. The second kappa shape index (κ2) is 5.81. The number of halogens is 1. The van der Waals surface area contributed by atoms with Crippen molar-refractivity contribution in [3.8, 4) is 16.9 Å². The molecule has 0 atom stereocenters. The highest BCUT2D eigenvalue weighted by atomic mass is 32.2. The summed E-state index contributed by atoms with van der Waals surface area (Å²) in [6.45, 7) is 0. The minimum absolute atomic E-state index is 0.138. The van der Waals surface area contributed by atoms with Gasteiger partial charge in [-0.3, -0.25) is 9.55 Å².